The fourth-order valence-corrected chi connectivity index (χ4v) is 3.25. The van der Waals surface area contributed by atoms with Gasteiger partial charge in [0.15, 0.2) is 23.0 Å². The van der Waals surface area contributed by atoms with Gasteiger partial charge in [-0.05, 0) is 18.2 Å². The van der Waals surface area contributed by atoms with Gasteiger partial charge in [-0.15, -0.1) is 0 Å². The number of aromatic hydroxyl groups is 1. The summed E-state index contributed by atoms with van der Waals surface area (Å²) in [4.78, 5) is 7.58. The maximum Gasteiger partial charge on any atom is 0.205 e. The Balaban J connectivity index is 1.85. The predicted molar refractivity (Wildman–Crippen MR) is 98.9 cm³/mol. The summed E-state index contributed by atoms with van der Waals surface area (Å²) in [6.45, 7) is 0. The van der Waals surface area contributed by atoms with E-state index in [-0.39, 0.29) is 5.75 Å². The van der Waals surface area contributed by atoms with Gasteiger partial charge in [-0.3, -0.25) is 0 Å². The first-order valence-corrected chi connectivity index (χ1v) is 8.36. The molecular weight excluding hydrogens is 352 g/mol. The minimum absolute atomic E-state index is 0.0121. The quantitative estimate of drug-likeness (QED) is 0.527. The predicted octanol–water partition coefficient (Wildman–Crippen LogP) is 4.23. The number of methoxy groups -OCH3 is 2. The first-order chi connectivity index (χ1) is 12.6. The molecule has 1 aliphatic heterocycles. The third-order valence-electron chi connectivity index (χ3n) is 4.30. The summed E-state index contributed by atoms with van der Waals surface area (Å²) in [6.07, 6.45) is 0.592. The lowest BCUT2D eigenvalue weighted by atomic mass is 10.0. The van der Waals surface area contributed by atoms with E-state index < -0.39 is 0 Å². The molecule has 3 aromatic rings. The molecule has 0 saturated heterocycles. The van der Waals surface area contributed by atoms with Crippen molar-refractivity contribution >= 4 is 12.2 Å². The molecule has 0 radical (unpaired) electrons. The van der Waals surface area contributed by atoms with Crippen molar-refractivity contribution < 1.29 is 19.3 Å². The molecule has 0 spiro atoms. The van der Waals surface area contributed by atoms with Crippen LogP contribution in [0.25, 0.3) is 11.4 Å². The van der Waals surface area contributed by atoms with Gasteiger partial charge in [0, 0.05) is 12.0 Å². The van der Waals surface area contributed by atoms with Crippen molar-refractivity contribution in [2.75, 3.05) is 14.2 Å². The van der Waals surface area contributed by atoms with Crippen molar-refractivity contribution in [3.63, 3.8) is 0 Å². The van der Waals surface area contributed by atoms with Gasteiger partial charge in [-0.2, -0.15) is 0 Å². The van der Waals surface area contributed by atoms with Crippen LogP contribution in [0.2, 0.25) is 0 Å². The Hall–Kier alpha value is -3.06. The fourth-order valence-electron chi connectivity index (χ4n) is 3.00. The Morgan fingerprint density at radius 1 is 1.12 bits per heavy atom. The number of nitrogens with one attached hydrogen (secondary N) is 1. The molecule has 26 heavy (non-hydrogen) atoms. The summed E-state index contributed by atoms with van der Waals surface area (Å²) in [6, 6.07) is 10.9. The molecule has 6 nitrogen and oxygen atoms in total. The van der Waals surface area contributed by atoms with E-state index in [1.165, 1.54) is 7.11 Å². The molecule has 0 atom stereocenters. The number of ether oxygens (including phenoxy) is 3. The smallest absolute Gasteiger partial charge is 0.205 e. The normalized spacial score (nSPS) is 11.9. The highest BCUT2D eigenvalue weighted by molar-refractivity contribution is 7.71. The van der Waals surface area contributed by atoms with Crippen LogP contribution in [0.4, 0.5) is 0 Å². The highest BCUT2D eigenvalue weighted by Crippen LogP contribution is 2.43. The second-order valence-corrected chi connectivity index (χ2v) is 6.17. The maximum absolute atomic E-state index is 10.4. The lowest BCUT2D eigenvalue weighted by Gasteiger charge is -2.22. The number of nitrogens with zero attached hydrogens (tertiary/aromatic N) is 1. The van der Waals surface area contributed by atoms with E-state index in [2.05, 4.69) is 9.97 Å². The molecule has 2 aromatic carbocycles. The van der Waals surface area contributed by atoms with Crippen LogP contribution in [-0.2, 0) is 6.42 Å². The molecule has 1 aliphatic rings. The lowest BCUT2D eigenvalue weighted by molar-refractivity contribution is 0.365. The van der Waals surface area contributed by atoms with Gasteiger partial charge in [0.2, 0.25) is 5.88 Å². The van der Waals surface area contributed by atoms with Crippen molar-refractivity contribution in [1.29, 1.82) is 0 Å². The third-order valence-corrected chi connectivity index (χ3v) is 4.64. The summed E-state index contributed by atoms with van der Waals surface area (Å²) < 4.78 is 17.0. The number of fused-ring (bicyclic) bond motifs is 2. The average Bonchev–Trinajstić information content (AvgIpc) is 2.66. The number of hydrogen-bond acceptors (Lipinski definition) is 6. The molecule has 0 aliphatic carbocycles. The van der Waals surface area contributed by atoms with Crippen molar-refractivity contribution in [2.45, 2.75) is 6.42 Å². The first kappa shape index (κ1) is 16.4. The van der Waals surface area contributed by atoms with Gasteiger partial charge in [-0.25, -0.2) is 4.98 Å². The highest BCUT2D eigenvalue weighted by atomic mass is 32.1. The molecule has 4 rings (SSSR count). The molecule has 0 unspecified atom stereocenters. The zero-order chi connectivity index (χ0) is 18.3. The Morgan fingerprint density at radius 3 is 2.62 bits per heavy atom. The fraction of sp³-hybridized carbons (Fsp3) is 0.158. The Labute approximate surface area is 155 Å². The zero-order valence-corrected chi connectivity index (χ0v) is 15.0. The second kappa shape index (κ2) is 6.34. The number of H-pyrrole nitrogens is 1. The Morgan fingerprint density at radius 2 is 1.85 bits per heavy atom. The number of aromatic nitrogens is 2. The van der Waals surface area contributed by atoms with Crippen molar-refractivity contribution in [1.82, 2.24) is 9.97 Å². The van der Waals surface area contributed by atoms with Crippen LogP contribution in [0.3, 0.4) is 0 Å². The summed E-state index contributed by atoms with van der Waals surface area (Å²) in [5.74, 6) is 2.55. The number of aromatic amines is 1. The van der Waals surface area contributed by atoms with Gasteiger partial charge < -0.3 is 24.3 Å². The van der Waals surface area contributed by atoms with E-state index in [1.54, 1.807) is 25.3 Å². The molecule has 0 bridgehead atoms. The number of phenolic OH excluding ortho intramolecular Hbond substituents is 1. The highest BCUT2D eigenvalue weighted by Gasteiger charge is 2.24. The monoisotopic (exact) mass is 368 g/mol. The SMILES string of the molecule is COc1cccc(-c2nc(=S)c3c([nH]2)Oc2c(cccc2OC)C3)c1O. The van der Waals surface area contributed by atoms with Gasteiger partial charge in [-0.1, -0.05) is 30.4 Å². The number of para-hydroxylation sites is 2. The molecule has 7 heteroatoms. The van der Waals surface area contributed by atoms with Crippen molar-refractivity contribution in [3.05, 3.63) is 52.2 Å². The van der Waals surface area contributed by atoms with Crippen LogP contribution in [-0.4, -0.2) is 29.3 Å². The largest absolute Gasteiger partial charge is 0.504 e. The molecule has 2 heterocycles. The van der Waals surface area contributed by atoms with Crippen LogP contribution in [0.15, 0.2) is 36.4 Å². The van der Waals surface area contributed by atoms with Crippen LogP contribution in [0.1, 0.15) is 11.1 Å². The number of hydrogen-bond donors (Lipinski definition) is 2. The summed E-state index contributed by atoms with van der Waals surface area (Å²) in [5.41, 5.74) is 2.26. The minimum atomic E-state index is -0.0121. The third kappa shape index (κ3) is 2.57. The number of rotatable bonds is 3. The average molecular weight is 368 g/mol. The van der Waals surface area contributed by atoms with E-state index in [1.807, 2.05) is 18.2 Å². The van der Waals surface area contributed by atoms with Crippen LogP contribution >= 0.6 is 12.2 Å². The van der Waals surface area contributed by atoms with E-state index in [4.69, 9.17) is 26.4 Å². The first-order valence-electron chi connectivity index (χ1n) is 7.95. The van der Waals surface area contributed by atoms with Gasteiger partial charge in [0.05, 0.1) is 25.3 Å². The van der Waals surface area contributed by atoms with Gasteiger partial charge >= 0.3 is 0 Å². The number of phenols is 1. The molecular formula is C19H16N2O4S. The van der Waals surface area contributed by atoms with Crippen molar-refractivity contribution in [3.8, 4) is 40.3 Å². The molecule has 2 N–H and O–H groups in total. The minimum Gasteiger partial charge on any atom is -0.504 e. The van der Waals surface area contributed by atoms with E-state index in [0.29, 0.717) is 45.6 Å². The summed E-state index contributed by atoms with van der Waals surface area (Å²) in [5, 5.41) is 10.4. The molecule has 0 fully saturated rings. The Bertz CT molecular complexity index is 1060. The van der Waals surface area contributed by atoms with E-state index in [9.17, 15) is 5.11 Å². The standard InChI is InChI=1S/C19H16N2O4S/c1-23-13-7-4-6-11(15(13)22)17-20-18-12(19(26)21-17)9-10-5-3-8-14(24-2)16(10)25-18/h3-8,22H,9H2,1-2H3,(H,20,21,26). The van der Waals surface area contributed by atoms with Crippen LogP contribution in [0.5, 0.6) is 28.9 Å². The van der Waals surface area contributed by atoms with Gasteiger partial charge in [0.1, 0.15) is 10.5 Å². The van der Waals surface area contributed by atoms with E-state index in [0.717, 1.165) is 11.1 Å². The second-order valence-electron chi connectivity index (χ2n) is 5.78. The van der Waals surface area contributed by atoms with E-state index >= 15 is 0 Å². The Kier molecular flexibility index (Phi) is 4.00. The molecule has 0 amide bonds. The topological polar surface area (TPSA) is 76.6 Å². The molecule has 1 aromatic heterocycles. The zero-order valence-electron chi connectivity index (χ0n) is 14.2. The maximum atomic E-state index is 10.4. The van der Waals surface area contributed by atoms with Crippen molar-refractivity contribution in [2.24, 2.45) is 0 Å². The number of benzene rings is 2. The lowest BCUT2D eigenvalue weighted by Crippen LogP contribution is -2.09. The molecule has 132 valence electrons. The van der Waals surface area contributed by atoms with Crippen LogP contribution < -0.4 is 14.2 Å². The van der Waals surface area contributed by atoms with Gasteiger partial charge in [0.25, 0.3) is 0 Å². The van der Waals surface area contributed by atoms with Crippen LogP contribution in [0, 0.1) is 4.64 Å². The summed E-state index contributed by atoms with van der Waals surface area (Å²) >= 11 is 5.47. The summed E-state index contributed by atoms with van der Waals surface area (Å²) in [7, 11) is 3.09. The molecule has 0 saturated carbocycles.